The highest BCUT2D eigenvalue weighted by Crippen LogP contribution is 2.36. The highest BCUT2D eigenvalue weighted by molar-refractivity contribution is 5.76. The Balaban J connectivity index is 1.62. The number of fused-ring (bicyclic) bond motifs is 1. The number of imidazole rings is 1. The molecule has 1 aromatic carbocycles. The fraction of sp³-hybridized carbons (Fsp3) is 0.500. The Hall–Kier alpha value is -2.90. The molecule has 0 aliphatic carbocycles. The maximum absolute atomic E-state index is 11.7. The number of hydrogen-bond acceptors (Lipinski definition) is 5. The van der Waals surface area contributed by atoms with Gasteiger partial charge in [0.1, 0.15) is 11.5 Å². The Bertz CT molecular complexity index is 1010. The Kier molecular flexibility index (Phi) is 4.78. The third-order valence-electron chi connectivity index (χ3n) is 5.69. The molecule has 0 saturated carbocycles. The molecule has 3 heterocycles. The lowest BCUT2D eigenvalue weighted by Crippen LogP contribution is -2.36. The fourth-order valence-electron chi connectivity index (χ4n) is 4.42. The first-order valence-corrected chi connectivity index (χ1v) is 9.96. The van der Waals surface area contributed by atoms with Gasteiger partial charge in [0.05, 0.1) is 16.0 Å². The van der Waals surface area contributed by atoms with E-state index < -0.39 is 0 Å². The molecule has 28 heavy (non-hydrogen) atoms. The fourth-order valence-corrected chi connectivity index (χ4v) is 4.42. The van der Waals surface area contributed by atoms with E-state index in [1.54, 1.807) is 11.7 Å². The van der Waals surface area contributed by atoms with E-state index in [1.807, 2.05) is 13.0 Å². The van der Waals surface area contributed by atoms with Gasteiger partial charge in [0, 0.05) is 32.6 Å². The van der Waals surface area contributed by atoms with Gasteiger partial charge in [-0.3, -0.25) is 10.1 Å². The van der Waals surface area contributed by atoms with E-state index in [9.17, 15) is 10.1 Å². The van der Waals surface area contributed by atoms with Crippen LogP contribution in [0.4, 0.5) is 11.5 Å². The molecular formula is C20H26N6O2. The highest BCUT2D eigenvalue weighted by atomic mass is 16.6. The molecule has 0 spiro atoms. The van der Waals surface area contributed by atoms with E-state index in [0.29, 0.717) is 24.0 Å². The third-order valence-corrected chi connectivity index (χ3v) is 5.69. The van der Waals surface area contributed by atoms with Gasteiger partial charge in [0.25, 0.3) is 0 Å². The number of rotatable bonds is 5. The molecule has 0 radical (unpaired) electrons. The SMILES string of the molecule is CCc1nn(C)c(N2CCC(n3c(CC)nc4ccccc43)CC2)c1[N+](=O)[O-]. The molecule has 8 nitrogen and oxygen atoms in total. The Morgan fingerprint density at radius 2 is 1.89 bits per heavy atom. The van der Waals surface area contributed by atoms with Gasteiger partial charge in [-0.15, -0.1) is 0 Å². The number of piperidine rings is 1. The second-order valence-electron chi connectivity index (χ2n) is 7.31. The van der Waals surface area contributed by atoms with E-state index in [0.717, 1.165) is 43.7 Å². The van der Waals surface area contributed by atoms with Gasteiger partial charge in [0.2, 0.25) is 5.82 Å². The van der Waals surface area contributed by atoms with Crippen molar-refractivity contribution in [3.8, 4) is 0 Å². The van der Waals surface area contributed by atoms with Crippen molar-refractivity contribution in [2.75, 3.05) is 18.0 Å². The van der Waals surface area contributed by atoms with Crippen LogP contribution in [0.1, 0.15) is 44.2 Å². The summed E-state index contributed by atoms with van der Waals surface area (Å²) in [6.45, 7) is 5.58. The standard InChI is InChI=1S/C20H26N6O2/c1-4-15-19(26(27)28)20(23(3)22-15)24-12-10-14(11-13-24)25-17-9-7-6-8-16(17)21-18(25)5-2/h6-9,14H,4-5,10-13H2,1-3H3. The topological polar surface area (TPSA) is 82.0 Å². The number of nitro groups is 1. The average Bonchev–Trinajstić information content (AvgIpc) is 3.25. The van der Waals surface area contributed by atoms with Crippen molar-refractivity contribution in [3.05, 3.63) is 45.9 Å². The Morgan fingerprint density at radius 3 is 2.54 bits per heavy atom. The molecule has 2 aromatic heterocycles. The first kappa shape index (κ1) is 18.5. The van der Waals surface area contributed by atoms with Crippen LogP contribution in [-0.4, -0.2) is 37.3 Å². The van der Waals surface area contributed by atoms with Crippen LogP contribution in [0.25, 0.3) is 11.0 Å². The lowest BCUT2D eigenvalue weighted by Gasteiger charge is -2.34. The van der Waals surface area contributed by atoms with Crippen LogP contribution in [0.2, 0.25) is 0 Å². The summed E-state index contributed by atoms with van der Waals surface area (Å²) in [7, 11) is 1.80. The van der Waals surface area contributed by atoms with Gasteiger partial charge >= 0.3 is 5.69 Å². The minimum atomic E-state index is -0.286. The average molecular weight is 382 g/mol. The monoisotopic (exact) mass is 382 g/mol. The van der Waals surface area contributed by atoms with E-state index in [1.165, 1.54) is 5.52 Å². The molecule has 1 fully saturated rings. The maximum Gasteiger partial charge on any atom is 0.334 e. The summed E-state index contributed by atoms with van der Waals surface area (Å²) in [5, 5.41) is 16.0. The molecular weight excluding hydrogens is 356 g/mol. The molecule has 1 aliphatic heterocycles. The number of para-hydroxylation sites is 2. The molecule has 0 bridgehead atoms. The lowest BCUT2D eigenvalue weighted by atomic mass is 10.0. The maximum atomic E-state index is 11.7. The zero-order valence-electron chi connectivity index (χ0n) is 16.6. The second kappa shape index (κ2) is 7.26. The molecule has 148 valence electrons. The van der Waals surface area contributed by atoms with Crippen molar-refractivity contribution in [2.45, 2.75) is 45.6 Å². The number of aryl methyl sites for hydroxylation is 3. The van der Waals surface area contributed by atoms with Gasteiger partial charge in [-0.2, -0.15) is 5.10 Å². The van der Waals surface area contributed by atoms with Crippen molar-refractivity contribution < 1.29 is 4.92 Å². The van der Waals surface area contributed by atoms with Gasteiger partial charge in [-0.05, 0) is 31.4 Å². The van der Waals surface area contributed by atoms with Crippen LogP contribution in [0.5, 0.6) is 0 Å². The molecule has 0 N–H and O–H groups in total. The van der Waals surface area contributed by atoms with Crippen molar-refractivity contribution in [1.29, 1.82) is 0 Å². The molecule has 1 aliphatic rings. The minimum Gasteiger partial charge on any atom is -0.351 e. The van der Waals surface area contributed by atoms with Gasteiger partial charge < -0.3 is 9.47 Å². The summed E-state index contributed by atoms with van der Waals surface area (Å²) in [6.07, 6.45) is 3.30. The number of hydrogen-bond donors (Lipinski definition) is 0. The summed E-state index contributed by atoms with van der Waals surface area (Å²) in [4.78, 5) is 18.3. The molecule has 0 atom stereocenters. The van der Waals surface area contributed by atoms with Crippen molar-refractivity contribution in [2.24, 2.45) is 7.05 Å². The molecule has 3 aromatic rings. The quantitative estimate of drug-likeness (QED) is 0.497. The number of benzene rings is 1. The molecule has 4 rings (SSSR count). The van der Waals surface area contributed by atoms with E-state index in [-0.39, 0.29) is 10.6 Å². The smallest absolute Gasteiger partial charge is 0.334 e. The first-order chi connectivity index (χ1) is 13.5. The normalized spacial score (nSPS) is 15.5. The van der Waals surface area contributed by atoms with Crippen molar-refractivity contribution in [3.63, 3.8) is 0 Å². The van der Waals surface area contributed by atoms with Crippen LogP contribution >= 0.6 is 0 Å². The zero-order chi connectivity index (χ0) is 19.8. The van der Waals surface area contributed by atoms with Crippen LogP contribution in [0.15, 0.2) is 24.3 Å². The van der Waals surface area contributed by atoms with E-state index >= 15 is 0 Å². The van der Waals surface area contributed by atoms with Gasteiger partial charge in [-0.1, -0.05) is 26.0 Å². The summed E-state index contributed by atoms with van der Waals surface area (Å²) in [6, 6.07) is 8.63. The van der Waals surface area contributed by atoms with Gasteiger partial charge in [-0.25, -0.2) is 9.67 Å². The highest BCUT2D eigenvalue weighted by Gasteiger charge is 2.32. The summed E-state index contributed by atoms with van der Waals surface area (Å²) >= 11 is 0. The second-order valence-corrected chi connectivity index (χ2v) is 7.31. The summed E-state index contributed by atoms with van der Waals surface area (Å²) in [5.74, 6) is 1.74. The van der Waals surface area contributed by atoms with Crippen molar-refractivity contribution in [1.82, 2.24) is 19.3 Å². The number of nitrogens with zero attached hydrogens (tertiary/aromatic N) is 6. The molecule has 0 unspecified atom stereocenters. The minimum absolute atomic E-state index is 0.158. The molecule has 8 heteroatoms. The number of aromatic nitrogens is 4. The van der Waals surface area contributed by atoms with Gasteiger partial charge in [0.15, 0.2) is 0 Å². The van der Waals surface area contributed by atoms with Crippen LogP contribution in [0.3, 0.4) is 0 Å². The predicted octanol–water partition coefficient (Wildman–Crippen LogP) is 3.64. The van der Waals surface area contributed by atoms with Crippen molar-refractivity contribution >= 4 is 22.5 Å². The zero-order valence-corrected chi connectivity index (χ0v) is 16.6. The largest absolute Gasteiger partial charge is 0.351 e. The van der Waals surface area contributed by atoms with E-state index in [2.05, 4.69) is 39.7 Å². The van der Waals surface area contributed by atoms with E-state index in [4.69, 9.17) is 4.98 Å². The molecule has 1 saturated heterocycles. The summed E-state index contributed by atoms with van der Waals surface area (Å²) in [5.41, 5.74) is 2.93. The Labute approximate surface area is 163 Å². The Morgan fingerprint density at radius 1 is 1.18 bits per heavy atom. The van der Waals surface area contributed by atoms with Crippen LogP contribution in [0, 0.1) is 10.1 Å². The van der Waals surface area contributed by atoms with Crippen LogP contribution < -0.4 is 4.90 Å². The lowest BCUT2D eigenvalue weighted by molar-refractivity contribution is -0.384. The van der Waals surface area contributed by atoms with Crippen LogP contribution in [-0.2, 0) is 19.9 Å². The number of anilines is 1. The third kappa shape index (κ3) is 2.93. The molecule has 0 amide bonds. The predicted molar refractivity (Wildman–Crippen MR) is 109 cm³/mol. The first-order valence-electron chi connectivity index (χ1n) is 9.96. The summed E-state index contributed by atoms with van der Waals surface area (Å²) < 4.78 is 4.04.